The summed E-state index contributed by atoms with van der Waals surface area (Å²) < 4.78 is 0. The Bertz CT molecular complexity index is 453. The maximum absolute atomic E-state index is 11.3. The van der Waals surface area contributed by atoms with Crippen molar-refractivity contribution in [2.45, 2.75) is 0 Å². The third kappa shape index (κ3) is 2.73. The molecular weight excluding hydrogens is 256 g/mol. The number of anilines is 1. The van der Waals surface area contributed by atoms with Crippen LogP contribution in [0.15, 0.2) is 24.3 Å². The molecule has 1 aliphatic rings. The minimum Gasteiger partial charge on any atom is -0.474 e. The largest absolute Gasteiger partial charge is 0.474 e. The second-order valence-electron chi connectivity index (χ2n) is 4.06. The van der Waals surface area contributed by atoms with E-state index in [-0.39, 0.29) is 0 Å². The van der Waals surface area contributed by atoms with Crippen molar-refractivity contribution in [1.82, 2.24) is 4.90 Å². The molecular formula is C12H13ClN2O3. The van der Waals surface area contributed by atoms with Crippen LogP contribution in [0.5, 0.6) is 0 Å². The SMILES string of the molecule is O=C(O)C(=O)N1CCN(c2ccc(Cl)cc2)CC1. The first kappa shape index (κ1) is 12.7. The van der Waals surface area contributed by atoms with Crippen LogP contribution in [-0.4, -0.2) is 48.1 Å². The van der Waals surface area contributed by atoms with Gasteiger partial charge < -0.3 is 14.9 Å². The lowest BCUT2D eigenvalue weighted by atomic mass is 10.2. The van der Waals surface area contributed by atoms with Crippen molar-refractivity contribution in [3.05, 3.63) is 29.3 Å². The molecule has 1 fully saturated rings. The zero-order valence-corrected chi connectivity index (χ0v) is 10.4. The molecule has 18 heavy (non-hydrogen) atoms. The van der Waals surface area contributed by atoms with Crippen LogP contribution < -0.4 is 4.90 Å². The summed E-state index contributed by atoms with van der Waals surface area (Å²) in [5.74, 6) is -2.22. The summed E-state index contributed by atoms with van der Waals surface area (Å²) in [6.45, 7) is 2.10. The molecule has 96 valence electrons. The maximum Gasteiger partial charge on any atom is 0.394 e. The average Bonchev–Trinajstić information content (AvgIpc) is 2.39. The molecule has 2 rings (SSSR count). The fraction of sp³-hybridized carbons (Fsp3) is 0.333. The molecule has 1 aromatic rings. The van der Waals surface area contributed by atoms with Crippen molar-refractivity contribution in [2.75, 3.05) is 31.1 Å². The van der Waals surface area contributed by atoms with Crippen molar-refractivity contribution < 1.29 is 14.7 Å². The Morgan fingerprint density at radius 3 is 2.11 bits per heavy atom. The number of amides is 1. The molecule has 1 aromatic carbocycles. The van der Waals surface area contributed by atoms with Gasteiger partial charge in [-0.25, -0.2) is 4.79 Å². The number of rotatable bonds is 1. The molecule has 1 aliphatic heterocycles. The molecule has 0 saturated carbocycles. The Labute approximate surface area is 110 Å². The van der Waals surface area contributed by atoms with E-state index in [1.54, 1.807) is 0 Å². The third-order valence-corrected chi connectivity index (χ3v) is 3.19. The van der Waals surface area contributed by atoms with Crippen LogP contribution in [-0.2, 0) is 9.59 Å². The molecule has 0 aromatic heterocycles. The van der Waals surface area contributed by atoms with E-state index in [2.05, 4.69) is 4.90 Å². The predicted octanol–water partition coefficient (Wildman–Crippen LogP) is 1.07. The highest BCUT2D eigenvalue weighted by atomic mass is 35.5. The van der Waals surface area contributed by atoms with Gasteiger partial charge in [0, 0.05) is 36.9 Å². The highest BCUT2D eigenvalue weighted by molar-refractivity contribution is 6.31. The number of halogens is 1. The second kappa shape index (κ2) is 5.27. The zero-order valence-electron chi connectivity index (χ0n) is 9.67. The first-order valence-electron chi connectivity index (χ1n) is 5.60. The standard InChI is InChI=1S/C12H13ClN2O3/c13-9-1-3-10(4-2-9)14-5-7-15(8-6-14)11(16)12(17)18/h1-4H,5-8H2,(H,17,18). The summed E-state index contributed by atoms with van der Waals surface area (Å²) >= 11 is 5.81. The molecule has 1 N–H and O–H groups in total. The fourth-order valence-electron chi connectivity index (χ4n) is 1.95. The summed E-state index contributed by atoms with van der Waals surface area (Å²) in [5.41, 5.74) is 1.03. The Kier molecular flexibility index (Phi) is 3.72. The second-order valence-corrected chi connectivity index (χ2v) is 4.50. The van der Waals surface area contributed by atoms with Crippen molar-refractivity contribution in [1.29, 1.82) is 0 Å². The van der Waals surface area contributed by atoms with Gasteiger partial charge in [0.05, 0.1) is 0 Å². The van der Waals surface area contributed by atoms with Crippen molar-refractivity contribution in [3.63, 3.8) is 0 Å². The van der Waals surface area contributed by atoms with Gasteiger partial charge in [-0.3, -0.25) is 4.79 Å². The maximum atomic E-state index is 11.3. The number of carboxylic acids is 1. The van der Waals surface area contributed by atoms with Crippen LogP contribution in [0.3, 0.4) is 0 Å². The van der Waals surface area contributed by atoms with Gasteiger partial charge in [-0.1, -0.05) is 11.6 Å². The number of nitrogens with zero attached hydrogens (tertiary/aromatic N) is 2. The van der Waals surface area contributed by atoms with Gasteiger partial charge in [-0.05, 0) is 24.3 Å². The lowest BCUT2D eigenvalue weighted by Crippen LogP contribution is -2.50. The summed E-state index contributed by atoms with van der Waals surface area (Å²) in [6, 6.07) is 7.45. The van der Waals surface area contributed by atoms with Gasteiger partial charge in [0.15, 0.2) is 0 Å². The van der Waals surface area contributed by atoms with Crippen molar-refractivity contribution >= 4 is 29.2 Å². The van der Waals surface area contributed by atoms with E-state index in [0.29, 0.717) is 31.2 Å². The minimum absolute atomic E-state index is 0.424. The number of hydrogen-bond acceptors (Lipinski definition) is 3. The number of aliphatic carboxylic acids is 1. The third-order valence-electron chi connectivity index (χ3n) is 2.94. The Morgan fingerprint density at radius 2 is 1.61 bits per heavy atom. The Balaban J connectivity index is 1.96. The van der Waals surface area contributed by atoms with Gasteiger partial charge in [-0.15, -0.1) is 0 Å². The fourth-order valence-corrected chi connectivity index (χ4v) is 2.08. The van der Waals surface area contributed by atoms with E-state index in [1.807, 2.05) is 24.3 Å². The van der Waals surface area contributed by atoms with Crippen LogP contribution >= 0.6 is 11.6 Å². The first-order chi connectivity index (χ1) is 8.58. The van der Waals surface area contributed by atoms with Crippen molar-refractivity contribution in [2.24, 2.45) is 0 Å². The Hall–Kier alpha value is -1.75. The molecule has 0 atom stereocenters. The molecule has 0 radical (unpaired) electrons. The number of benzene rings is 1. The van der Waals surface area contributed by atoms with Gasteiger partial charge >= 0.3 is 11.9 Å². The normalized spacial score (nSPS) is 15.6. The lowest BCUT2D eigenvalue weighted by Gasteiger charge is -2.35. The molecule has 0 bridgehead atoms. The van der Waals surface area contributed by atoms with E-state index in [9.17, 15) is 9.59 Å². The monoisotopic (exact) mass is 268 g/mol. The molecule has 1 amide bonds. The van der Waals surface area contributed by atoms with Crippen LogP contribution in [0, 0.1) is 0 Å². The van der Waals surface area contributed by atoms with E-state index in [4.69, 9.17) is 16.7 Å². The zero-order chi connectivity index (χ0) is 13.1. The summed E-state index contributed by atoms with van der Waals surface area (Å²) in [4.78, 5) is 25.3. The number of carbonyl (C=O) groups excluding carboxylic acids is 1. The van der Waals surface area contributed by atoms with E-state index >= 15 is 0 Å². The van der Waals surface area contributed by atoms with Crippen LogP contribution in [0.2, 0.25) is 5.02 Å². The molecule has 0 spiro atoms. The summed E-state index contributed by atoms with van der Waals surface area (Å²) in [7, 11) is 0. The Morgan fingerprint density at radius 1 is 1.06 bits per heavy atom. The smallest absolute Gasteiger partial charge is 0.394 e. The van der Waals surface area contributed by atoms with Gasteiger partial charge in [-0.2, -0.15) is 0 Å². The number of hydrogen-bond donors (Lipinski definition) is 1. The highest BCUT2D eigenvalue weighted by Gasteiger charge is 2.25. The molecule has 1 heterocycles. The van der Waals surface area contributed by atoms with Gasteiger partial charge in [0.25, 0.3) is 0 Å². The number of carboxylic acid groups (broad SMARTS) is 1. The molecule has 0 unspecified atom stereocenters. The van der Waals surface area contributed by atoms with Crippen molar-refractivity contribution in [3.8, 4) is 0 Å². The van der Waals surface area contributed by atoms with Gasteiger partial charge in [0.1, 0.15) is 0 Å². The average molecular weight is 269 g/mol. The molecule has 6 heteroatoms. The minimum atomic E-state index is -1.39. The molecule has 5 nitrogen and oxygen atoms in total. The first-order valence-corrected chi connectivity index (χ1v) is 5.98. The van der Waals surface area contributed by atoms with E-state index in [1.165, 1.54) is 4.90 Å². The summed E-state index contributed by atoms with van der Waals surface area (Å²) in [6.07, 6.45) is 0. The van der Waals surface area contributed by atoms with E-state index in [0.717, 1.165) is 5.69 Å². The molecule has 1 saturated heterocycles. The highest BCUT2D eigenvalue weighted by Crippen LogP contribution is 2.19. The quantitative estimate of drug-likeness (QED) is 0.774. The van der Waals surface area contributed by atoms with E-state index < -0.39 is 11.9 Å². The van der Waals surface area contributed by atoms with Crippen LogP contribution in [0.25, 0.3) is 0 Å². The number of carbonyl (C=O) groups is 2. The molecule has 0 aliphatic carbocycles. The predicted molar refractivity (Wildman–Crippen MR) is 67.9 cm³/mol. The lowest BCUT2D eigenvalue weighted by molar-refractivity contribution is -0.156. The summed E-state index contributed by atoms with van der Waals surface area (Å²) in [5, 5.41) is 9.31. The van der Waals surface area contributed by atoms with Crippen LogP contribution in [0.4, 0.5) is 5.69 Å². The van der Waals surface area contributed by atoms with Gasteiger partial charge in [0.2, 0.25) is 0 Å². The number of piperazine rings is 1. The topological polar surface area (TPSA) is 60.9 Å². The van der Waals surface area contributed by atoms with Crippen LogP contribution in [0.1, 0.15) is 0 Å².